The minimum Gasteiger partial charge on any atom is -0.352 e. The minimum absolute atomic E-state index is 0.257. The zero-order valence-electron chi connectivity index (χ0n) is 20.3. The first kappa shape index (κ1) is 22.1. The first-order valence-corrected chi connectivity index (χ1v) is 11.8. The lowest BCUT2D eigenvalue weighted by Gasteiger charge is -2.10. The summed E-state index contributed by atoms with van der Waals surface area (Å²) in [5.74, 6) is -0.257. The molecule has 0 radical (unpaired) electrons. The van der Waals surface area contributed by atoms with Crippen LogP contribution in [0.5, 0.6) is 0 Å². The van der Waals surface area contributed by atoms with Crippen molar-refractivity contribution in [3.63, 3.8) is 0 Å². The summed E-state index contributed by atoms with van der Waals surface area (Å²) in [6, 6.07) is 15.6. The van der Waals surface area contributed by atoms with Crippen molar-refractivity contribution in [3.05, 3.63) is 90.3 Å². The van der Waals surface area contributed by atoms with E-state index in [9.17, 15) is 4.39 Å². The van der Waals surface area contributed by atoms with Gasteiger partial charge in [-0.15, -0.1) is 0 Å². The molecule has 0 spiro atoms. The van der Waals surface area contributed by atoms with Crippen molar-refractivity contribution >= 4 is 21.8 Å². The predicted molar refractivity (Wildman–Crippen MR) is 142 cm³/mol. The molecule has 0 saturated carbocycles. The number of aromatic nitrogens is 5. The third kappa shape index (κ3) is 4.03. The number of rotatable bonds is 5. The summed E-state index contributed by atoms with van der Waals surface area (Å²) in [6.45, 7) is 2.72. The summed E-state index contributed by atoms with van der Waals surface area (Å²) in [7, 11) is 4.10. The molecule has 0 bridgehead atoms. The first-order valence-electron chi connectivity index (χ1n) is 11.8. The summed E-state index contributed by atoms with van der Waals surface area (Å²) < 4.78 is 14.1. The number of fused-ring (bicyclic) bond motifs is 2. The molecule has 0 saturated heterocycles. The van der Waals surface area contributed by atoms with Crippen LogP contribution >= 0.6 is 0 Å². The van der Waals surface area contributed by atoms with Crippen molar-refractivity contribution in [2.24, 2.45) is 0 Å². The second-order valence-corrected chi connectivity index (χ2v) is 9.50. The van der Waals surface area contributed by atoms with Gasteiger partial charge in [0.1, 0.15) is 11.5 Å². The van der Waals surface area contributed by atoms with E-state index in [0.717, 1.165) is 73.1 Å². The van der Waals surface area contributed by atoms with E-state index in [2.05, 4.69) is 54.3 Å². The number of halogens is 1. The molecule has 178 valence electrons. The van der Waals surface area contributed by atoms with Gasteiger partial charge in [0, 0.05) is 47.0 Å². The Balaban J connectivity index is 1.45. The van der Waals surface area contributed by atoms with Gasteiger partial charge in [0.2, 0.25) is 0 Å². The van der Waals surface area contributed by atoms with Gasteiger partial charge in [-0.1, -0.05) is 12.1 Å². The van der Waals surface area contributed by atoms with Crippen molar-refractivity contribution in [2.75, 3.05) is 14.1 Å². The molecule has 2 N–H and O–H groups in total. The molecule has 6 nitrogen and oxygen atoms in total. The number of benzene rings is 2. The Hall–Kier alpha value is -4.36. The van der Waals surface area contributed by atoms with Crippen molar-refractivity contribution in [3.8, 4) is 33.6 Å². The first-order chi connectivity index (χ1) is 17.4. The summed E-state index contributed by atoms with van der Waals surface area (Å²) in [5.41, 5.74) is 9.36. The van der Waals surface area contributed by atoms with Crippen LogP contribution in [0.1, 0.15) is 11.1 Å². The van der Waals surface area contributed by atoms with Crippen LogP contribution in [-0.4, -0.2) is 44.1 Å². The molecule has 0 atom stereocenters. The van der Waals surface area contributed by atoms with E-state index < -0.39 is 0 Å². The summed E-state index contributed by atoms with van der Waals surface area (Å²) >= 11 is 0. The van der Waals surface area contributed by atoms with E-state index >= 15 is 0 Å². The highest BCUT2D eigenvalue weighted by atomic mass is 19.1. The molecular formula is C29H25FN6. The van der Waals surface area contributed by atoms with Crippen molar-refractivity contribution < 1.29 is 4.39 Å². The van der Waals surface area contributed by atoms with Gasteiger partial charge in [-0.25, -0.2) is 4.39 Å². The number of aryl methyl sites for hydroxylation is 1. The fourth-order valence-corrected chi connectivity index (χ4v) is 4.80. The van der Waals surface area contributed by atoms with E-state index in [1.165, 1.54) is 6.07 Å². The van der Waals surface area contributed by atoms with Crippen LogP contribution in [0.25, 0.3) is 55.4 Å². The number of nitrogens with one attached hydrogen (secondary N) is 2. The maximum Gasteiger partial charge on any atom is 0.124 e. The third-order valence-electron chi connectivity index (χ3n) is 6.34. The van der Waals surface area contributed by atoms with Crippen LogP contribution in [0.3, 0.4) is 0 Å². The zero-order chi connectivity index (χ0) is 24.8. The fraction of sp³-hybridized carbons (Fsp3) is 0.138. The molecule has 4 aromatic heterocycles. The molecule has 2 aromatic carbocycles. The van der Waals surface area contributed by atoms with Gasteiger partial charge in [-0.05, 0) is 79.7 Å². The average Bonchev–Trinajstić information content (AvgIpc) is 3.46. The topological polar surface area (TPSA) is 73.5 Å². The van der Waals surface area contributed by atoms with E-state index in [-0.39, 0.29) is 5.82 Å². The minimum atomic E-state index is -0.257. The molecule has 4 heterocycles. The third-order valence-corrected chi connectivity index (χ3v) is 6.34. The van der Waals surface area contributed by atoms with E-state index in [1.807, 2.05) is 45.5 Å². The number of hydrogen-bond acceptors (Lipinski definition) is 4. The largest absolute Gasteiger partial charge is 0.352 e. The van der Waals surface area contributed by atoms with Gasteiger partial charge in [0.25, 0.3) is 0 Å². The van der Waals surface area contributed by atoms with Crippen LogP contribution in [0.15, 0.2) is 73.3 Å². The van der Waals surface area contributed by atoms with Crippen molar-refractivity contribution in [2.45, 2.75) is 13.5 Å². The number of H-pyrrole nitrogens is 2. The van der Waals surface area contributed by atoms with Gasteiger partial charge in [-0.3, -0.25) is 15.1 Å². The second kappa shape index (κ2) is 8.70. The summed E-state index contributed by atoms with van der Waals surface area (Å²) in [6.07, 6.45) is 7.36. The smallest absolute Gasteiger partial charge is 0.124 e. The van der Waals surface area contributed by atoms with Gasteiger partial charge in [0.05, 0.1) is 22.9 Å². The Morgan fingerprint density at radius 2 is 1.67 bits per heavy atom. The Bertz CT molecular complexity index is 1710. The Morgan fingerprint density at radius 3 is 2.50 bits per heavy atom. The number of nitrogens with zero attached hydrogens (tertiary/aromatic N) is 4. The lowest BCUT2D eigenvalue weighted by atomic mass is 10.0. The zero-order valence-corrected chi connectivity index (χ0v) is 20.3. The highest BCUT2D eigenvalue weighted by Crippen LogP contribution is 2.35. The maximum atomic E-state index is 14.1. The Kier molecular flexibility index (Phi) is 5.34. The summed E-state index contributed by atoms with van der Waals surface area (Å²) in [5, 5.41) is 9.75. The quantitative estimate of drug-likeness (QED) is 0.304. The highest BCUT2D eigenvalue weighted by Gasteiger charge is 2.15. The van der Waals surface area contributed by atoms with Crippen LogP contribution < -0.4 is 0 Å². The molecule has 0 aliphatic carbocycles. The fourth-order valence-electron chi connectivity index (χ4n) is 4.80. The van der Waals surface area contributed by atoms with Crippen LogP contribution in [0, 0.1) is 12.7 Å². The molecule has 0 aliphatic rings. The lowest BCUT2D eigenvalue weighted by Crippen LogP contribution is -2.10. The molecule has 0 amide bonds. The molecule has 7 heteroatoms. The van der Waals surface area contributed by atoms with Gasteiger partial charge < -0.3 is 9.88 Å². The van der Waals surface area contributed by atoms with Gasteiger partial charge in [0.15, 0.2) is 0 Å². The number of hydrogen-bond donors (Lipinski definition) is 2. The Labute approximate surface area is 207 Å². The highest BCUT2D eigenvalue weighted by molar-refractivity contribution is 6.01. The van der Waals surface area contributed by atoms with Crippen molar-refractivity contribution in [1.29, 1.82) is 0 Å². The normalized spacial score (nSPS) is 11.7. The lowest BCUT2D eigenvalue weighted by molar-refractivity contribution is 0.402. The molecule has 0 fully saturated rings. The molecule has 6 rings (SSSR count). The standard InChI is InChI=1S/C29H25FN6/c1-17-6-20(9-22(30)7-17)25-14-32-15-28-23(25)11-27(33-28)29-24-10-19(4-5-26(24)34-35-29)21-8-18(12-31-13-21)16-36(2)3/h4-15,33H,16H2,1-3H3,(H,34,35). The maximum absolute atomic E-state index is 14.1. The molecular weight excluding hydrogens is 451 g/mol. The predicted octanol–water partition coefficient (Wildman–Crippen LogP) is 6.34. The monoisotopic (exact) mass is 476 g/mol. The SMILES string of the molecule is Cc1cc(F)cc(-c2cncc3[nH]c(-c4n[nH]c5ccc(-c6cncc(CN(C)C)c6)cc45)cc23)c1. The summed E-state index contributed by atoms with van der Waals surface area (Å²) in [4.78, 5) is 14.4. The number of aromatic amines is 2. The Morgan fingerprint density at radius 1 is 0.806 bits per heavy atom. The average molecular weight is 477 g/mol. The van der Waals surface area contributed by atoms with Crippen LogP contribution in [-0.2, 0) is 6.54 Å². The van der Waals surface area contributed by atoms with Crippen LogP contribution in [0.4, 0.5) is 4.39 Å². The molecule has 6 aromatic rings. The molecule has 0 aliphatic heterocycles. The molecule has 0 unspecified atom stereocenters. The van der Waals surface area contributed by atoms with Crippen LogP contribution in [0.2, 0.25) is 0 Å². The van der Waals surface area contributed by atoms with E-state index in [0.29, 0.717) is 0 Å². The van der Waals surface area contributed by atoms with E-state index in [1.54, 1.807) is 18.5 Å². The van der Waals surface area contributed by atoms with E-state index in [4.69, 9.17) is 0 Å². The van der Waals surface area contributed by atoms with Gasteiger partial charge >= 0.3 is 0 Å². The van der Waals surface area contributed by atoms with Gasteiger partial charge in [-0.2, -0.15) is 5.10 Å². The number of pyridine rings is 2. The second-order valence-electron chi connectivity index (χ2n) is 9.50. The van der Waals surface area contributed by atoms with Crippen molar-refractivity contribution in [1.82, 2.24) is 30.0 Å². The molecule has 36 heavy (non-hydrogen) atoms.